The molecule has 0 aromatic heterocycles. The Morgan fingerprint density at radius 3 is 2.38 bits per heavy atom. The molecule has 3 heteroatoms. The number of unbranched alkanes of at least 4 members (excludes halogenated alkanes) is 3. The van der Waals surface area contributed by atoms with E-state index in [1.54, 1.807) is 0 Å². The van der Waals surface area contributed by atoms with Crippen molar-refractivity contribution in [2.45, 2.75) is 32.6 Å². The summed E-state index contributed by atoms with van der Waals surface area (Å²) in [6.45, 7) is 7.72. The summed E-state index contributed by atoms with van der Waals surface area (Å²) in [5.74, 6) is 1.08. The third-order valence-corrected chi connectivity index (χ3v) is 2.44. The van der Waals surface area contributed by atoms with Crippen molar-refractivity contribution in [1.82, 2.24) is 9.80 Å². The maximum absolute atomic E-state index is 4.49. The first-order valence-electron chi connectivity index (χ1n) is 6.17. The fourth-order valence-corrected chi connectivity index (χ4v) is 1.66. The second kappa shape index (κ2) is 9.25. The molecule has 0 aromatic carbocycles. The van der Waals surface area contributed by atoms with E-state index in [1.165, 1.54) is 19.3 Å². The first kappa shape index (κ1) is 15.0. The average Bonchev–Trinajstić information content (AvgIpc) is 2.24. The molecule has 94 valence electrons. The number of hydrogen-bond donors (Lipinski definition) is 0. The maximum Gasteiger partial charge on any atom is 0.195 e. The molecule has 0 N–H and O–H groups in total. The molecule has 0 aliphatic carbocycles. The molecule has 16 heavy (non-hydrogen) atoms. The Kier molecular flexibility index (Phi) is 8.68. The van der Waals surface area contributed by atoms with Crippen molar-refractivity contribution in [3.63, 3.8) is 0 Å². The van der Waals surface area contributed by atoms with E-state index < -0.39 is 0 Å². The van der Waals surface area contributed by atoms with Gasteiger partial charge >= 0.3 is 0 Å². The van der Waals surface area contributed by atoms with Crippen LogP contribution in [0.1, 0.15) is 32.6 Å². The van der Waals surface area contributed by atoms with E-state index in [0.717, 1.165) is 25.5 Å². The highest BCUT2D eigenvalue weighted by molar-refractivity contribution is 5.79. The minimum Gasteiger partial charge on any atom is -0.349 e. The molecular formula is C13H27N3. The molecule has 0 aromatic rings. The number of hydrogen-bond acceptors (Lipinski definition) is 1. The van der Waals surface area contributed by atoms with Crippen molar-refractivity contribution in [3.05, 3.63) is 12.7 Å². The Bertz CT molecular complexity index is 209. The molecule has 0 unspecified atom stereocenters. The van der Waals surface area contributed by atoms with Gasteiger partial charge in [-0.1, -0.05) is 12.5 Å². The van der Waals surface area contributed by atoms with Crippen LogP contribution in [0.15, 0.2) is 17.6 Å². The summed E-state index contributed by atoms with van der Waals surface area (Å²) in [5.41, 5.74) is 0. The Labute approximate surface area is 101 Å². The summed E-state index contributed by atoms with van der Waals surface area (Å²) in [4.78, 5) is 8.80. The molecule has 0 saturated carbocycles. The fraction of sp³-hybridized carbons (Fsp3) is 0.769. The summed E-state index contributed by atoms with van der Waals surface area (Å²) in [6, 6.07) is 0. The van der Waals surface area contributed by atoms with Gasteiger partial charge in [-0.05, 0) is 26.2 Å². The predicted molar refractivity (Wildman–Crippen MR) is 73.0 cm³/mol. The zero-order chi connectivity index (χ0) is 12.4. The third kappa shape index (κ3) is 6.49. The lowest BCUT2D eigenvalue weighted by atomic mass is 10.2. The van der Waals surface area contributed by atoms with E-state index in [4.69, 9.17) is 0 Å². The van der Waals surface area contributed by atoms with Gasteiger partial charge in [0.2, 0.25) is 0 Å². The molecular weight excluding hydrogens is 198 g/mol. The summed E-state index contributed by atoms with van der Waals surface area (Å²) < 4.78 is 0. The van der Waals surface area contributed by atoms with Gasteiger partial charge in [0.1, 0.15) is 0 Å². The van der Waals surface area contributed by atoms with Crippen LogP contribution >= 0.6 is 0 Å². The van der Waals surface area contributed by atoms with Crippen LogP contribution in [-0.4, -0.2) is 50.0 Å². The SMILES string of the molecule is C=CCCCCCN(C)C(=NCC)N(C)C. The smallest absolute Gasteiger partial charge is 0.195 e. The van der Waals surface area contributed by atoms with E-state index in [-0.39, 0.29) is 0 Å². The van der Waals surface area contributed by atoms with E-state index in [1.807, 2.05) is 20.2 Å². The van der Waals surface area contributed by atoms with Gasteiger partial charge in [0.25, 0.3) is 0 Å². The molecule has 0 fully saturated rings. The van der Waals surface area contributed by atoms with Gasteiger partial charge in [-0.2, -0.15) is 0 Å². The standard InChI is InChI=1S/C13H27N3/c1-6-8-9-10-11-12-16(5)13(14-7-2)15(3)4/h6H,1,7-12H2,2-5H3. The van der Waals surface area contributed by atoms with Gasteiger partial charge in [-0.3, -0.25) is 4.99 Å². The van der Waals surface area contributed by atoms with Gasteiger partial charge in [0.05, 0.1) is 0 Å². The van der Waals surface area contributed by atoms with Crippen molar-refractivity contribution in [2.75, 3.05) is 34.2 Å². The van der Waals surface area contributed by atoms with Gasteiger partial charge in [0, 0.05) is 34.2 Å². The summed E-state index contributed by atoms with van der Waals surface area (Å²) in [7, 11) is 6.20. The molecule has 0 spiro atoms. The van der Waals surface area contributed by atoms with Crippen LogP contribution in [0.5, 0.6) is 0 Å². The highest BCUT2D eigenvalue weighted by atomic mass is 15.3. The first-order valence-corrected chi connectivity index (χ1v) is 6.17. The largest absolute Gasteiger partial charge is 0.349 e. The van der Waals surface area contributed by atoms with Crippen molar-refractivity contribution in [3.8, 4) is 0 Å². The second-order valence-corrected chi connectivity index (χ2v) is 4.23. The van der Waals surface area contributed by atoms with Gasteiger partial charge in [-0.15, -0.1) is 6.58 Å². The number of allylic oxidation sites excluding steroid dienone is 1. The molecule has 0 aliphatic heterocycles. The van der Waals surface area contributed by atoms with Crippen molar-refractivity contribution < 1.29 is 0 Å². The predicted octanol–water partition coefficient (Wildman–Crippen LogP) is 2.60. The Hall–Kier alpha value is -0.990. The van der Waals surface area contributed by atoms with Gasteiger partial charge in [-0.25, -0.2) is 0 Å². The minimum atomic E-state index is 0.842. The summed E-state index contributed by atoms with van der Waals surface area (Å²) in [5, 5.41) is 0. The van der Waals surface area contributed by atoms with Crippen molar-refractivity contribution >= 4 is 5.96 Å². The highest BCUT2D eigenvalue weighted by Crippen LogP contribution is 2.02. The monoisotopic (exact) mass is 225 g/mol. The lowest BCUT2D eigenvalue weighted by Gasteiger charge is -2.26. The Balaban J connectivity index is 3.88. The van der Waals surface area contributed by atoms with Crippen LogP contribution in [0.2, 0.25) is 0 Å². The Morgan fingerprint density at radius 1 is 1.19 bits per heavy atom. The number of rotatable bonds is 7. The Morgan fingerprint density at radius 2 is 1.88 bits per heavy atom. The zero-order valence-corrected chi connectivity index (χ0v) is 11.4. The second-order valence-electron chi connectivity index (χ2n) is 4.23. The topological polar surface area (TPSA) is 18.8 Å². The molecule has 0 radical (unpaired) electrons. The lowest BCUT2D eigenvalue weighted by molar-refractivity contribution is 0.408. The van der Waals surface area contributed by atoms with Crippen molar-refractivity contribution in [1.29, 1.82) is 0 Å². The molecule has 0 atom stereocenters. The lowest BCUT2D eigenvalue weighted by Crippen LogP contribution is -2.38. The quantitative estimate of drug-likeness (QED) is 0.287. The summed E-state index contributed by atoms with van der Waals surface area (Å²) >= 11 is 0. The molecule has 0 rings (SSSR count). The fourth-order valence-electron chi connectivity index (χ4n) is 1.66. The van der Waals surface area contributed by atoms with Crippen LogP contribution in [0, 0.1) is 0 Å². The van der Waals surface area contributed by atoms with E-state index in [2.05, 4.69) is 35.3 Å². The highest BCUT2D eigenvalue weighted by Gasteiger charge is 2.07. The van der Waals surface area contributed by atoms with Crippen LogP contribution in [-0.2, 0) is 0 Å². The number of guanidine groups is 1. The zero-order valence-electron chi connectivity index (χ0n) is 11.4. The molecule has 0 bridgehead atoms. The molecule has 0 saturated heterocycles. The molecule has 0 heterocycles. The van der Waals surface area contributed by atoms with E-state index in [0.29, 0.717) is 0 Å². The third-order valence-electron chi connectivity index (χ3n) is 2.44. The van der Waals surface area contributed by atoms with Crippen LogP contribution in [0.4, 0.5) is 0 Å². The number of aliphatic imine (C=N–C) groups is 1. The maximum atomic E-state index is 4.49. The summed E-state index contributed by atoms with van der Waals surface area (Å²) in [6.07, 6.45) is 6.87. The van der Waals surface area contributed by atoms with Crippen molar-refractivity contribution in [2.24, 2.45) is 4.99 Å². The minimum absolute atomic E-state index is 0.842. The van der Waals surface area contributed by atoms with E-state index >= 15 is 0 Å². The number of nitrogens with zero attached hydrogens (tertiary/aromatic N) is 3. The van der Waals surface area contributed by atoms with Crippen LogP contribution < -0.4 is 0 Å². The van der Waals surface area contributed by atoms with Gasteiger partial charge < -0.3 is 9.80 Å². The first-order chi connectivity index (χ1) is 7.63. The van der Waals surface area contributed by atoms with Crippen LogP contribution in [0.3, 0.4) is 0 Å². The van der Waals surface area contributed by atoms with E-state index in [9.17, 15) is 0 Å². The normalized spacial score (nSPS) is 11.4. The molecule has 0 amide bonds. The molecule has 0 aliphatic rings. The van der Waals surface area contributed by atoms with Crippen LogP contribution in [0.25, 0.3) is 0 Å². The average molecular weight is 225 g/mol. The van der Waals surface area contributed by atoms with Gasteiger partial charge in [0.15, 0.2) is 5.96 Å². The molecule has 3 nitrogen and oxygen atoms in total.